The van der Waals surface area contributed by atoms with Gasteiger partial charge < -0.3 is 14.9 Å². The quantitative estimate of drug-likeness (QED) is 0.835. The van der Waals surface area contributed by atoms with E-state index in [4.69, 9.17) is 4.74 Å². The van der Waals surface area contributed by atoms with Crippen LogP contribution in [-0.4, -0.2) is 28.4 Å². The average molecular weight is 236 g/mol. The second kappa shape index (κ2) is 4.47. The van der Waals surface area contributed by atoms with Crippen molar-refractivity contribution in [2.75, 3.05) is 6.61 Å². The van der Waals surface area contributed by atoms with Gasteiger partial charge in [0.15, 0.2) is 5.60 Å². The van der Waals surface area contributed by atoms with E-state index in [1.165, 1.54) is 0 Å². The van der Waals surface area contributed by atoms with Crippen LogP contribution in [0.1, 0.15) is 30.4 Å². The predicted molar refractivity (Wildman–Crippen MR) is 61.7 cm³/mol. The molecule has 2 N–H and O–H groups in total. The smallest absolute Gasteiger partial charge is 0.336 e. The second-order valence-corrected chi connectivity index (χ2v) is 4.35. The molecule has 1 aromatic carbocycles. The summed E-state index contributed by atoms with van der Waals surface area (Å²) in [5.74, 6) is -1.69. The number of carboxylic acid groups (broad SMARTS) is 1. The molecule has 1 aliphatic rings. The van der Waals surface area contributed by atoms with Crippen LogP contribution in [0.15, 0.2) is 24.3 Å². The molecule has 1 aliphatic heterocycles. The first kappa shape index (κ1) is 12.1. The molecule has 0 saturated heterocycles. The van der Waals surface area contributed by atoms with Crippen molar-refractivity contribution in [1.29, 1.82) is 0 Å². The third kappa shape index (κ3) is 1.94. The van der Waals surface area contributed by atoms with Crippen LogP contribution >= 0.6 is 0 Å². The van der Waals surface area contributed by atoms with Gasteiger partial charge in [0.05, 0.1) is 13.2 Å². The van der Waals surface area contributed by atoms with E-state index in [0.29, 0.717) is 6.61 Å². The van der Waals surface area contributed by atoms with Crippen LogP contribution < -0.4 is 0 Å². The van der Waals surface area contributed by atoms with E-state index >= 15 is 0 Å². The zero-order valence-electron chi connectivity index (χ0n) is 9.72. The van der Waals surface area contributed by atoms with Crippen LogP contribution in [-0.2, 0) is 16.1 Å². The Labute approximate surface area is 99.8 Å². The highest BCUT2D eigenvalue weighted by Gasteiger charge is 2.45. The summed E-state index contributed by atoms with van der Waals surface area (Å²) < 4.78 is 5.38. The fourth-order valence-electron chi connectivity index (χ4n) is 2.32. The minimum atomic E-state index is -1.75. The number of hydrogen-bond acceptors (Lipinski definition) is 3. The van der Waals surface area contributed by atoms with E-state index in [2.05, 4.69) is 0 Å². The molecule has 2 atom stereocenters. The summed E-state index contributed by atoms with van der Waals surface area (Å²) in [4.78, 5) is 11.3. The van der Waals surface area contributed by atoms with E-state index in [1.807, 2.05) is 24.3 Å². The Morgan fingerprint density at radius 1 is 1.53 bits per heavy atom. The van der Waals surface area contributed by atoms with Gasteiger partial charge in [0.25, 0.3) is 0 Å². The molecule has 2 rings (SSSR count). The number of hydrogen-bond donors (Lipinski definition) is 2. The van der Waals surface area contributed by atoms with Crippen LogP contribution in [0, 0.1) is 0 Å². The topological polar surface area (TPSA) is 66.8 Å². The Morgan fingerprint density at radius 3 is 2.88 bits per heavy atom. The Balaban J connectivity index is 2.44. The molecule has 4 heteroatoms. The first-order valence-corrected chi connectivity index (χ1v) is 5.71. The van der Waals surface area contributed by atoms with Crippen molar-refractivity contribution in [3.05, 3.63) is 35.4 Å². The Hall–Kier alpha value is -1.39. The van der Waals surface area contributed by atoms with Gasteiger partial charge >= 0.3 is 5.97 Å². The van der Waals surface area contributed by atoms with Crippen molar-refractivity contribution in [2.24, 2.45) is 0 Å². The lowest BCUT2D eigenvalue weighted by molar-refractivity contribution is -0.164. The molecule has 0 aromatic heterocycles. The van der Waals surface area contributed by atoms with Crippen molar-refractivity contribution >= 4 is 5.97 Å². The zero-order chi connectivity index (χ0) is 12.5. The van der Waals surface area contributed by atoms with Crippen LogP contribution in [0.25, 0.3) is 0 Å². The highest BCUT2D eigenvalue weighted by atomic mass is 16.5. The van der Waals surface area contributed by atoms with E-state index in [1.54, 1.807) is 6.92 Å². The molecular weight excluding hydrogens is 220 g/mol. The number of carbonyl (C=O) groups is 1. The van der Waals surface area contributed by atoms with Crippen LogP contribution in [0.5, 0.6) is 0 Å². The highest BCUT2D eigenvalue weighted by Crippen LogP contribution is 2.36. The Morgan fingerprint density at radius 2 is 2.24 bits per heavy atom. The first-order chi connectivity index (χ1) is 8.09. The van der Waals surface area contributed by atoms with Crippen LogP contribution in [0.4, 0.5) is 0 Å². The molecule has 4 nitrogen and oxygen atoms in total. The summed E-state index contributed by atoms with van der Waals surface area (Å²) in [6.45, 7) is 2.39. The van der Waals surface area contributed by atoms with Crippen molar-refractivity contribution < 1.29 is 19.7 Å². The Kier molecular flexibility index (Phi) is 3.17. The third-order valence-electron chi connectivity index (χ3n) is 3.46. The molecule has 0 aliphatic carbocycles. The van der Waals surface area contributed by atoms with Gasteiger partial charge in [-0.15, -0.1) is 0 Å². The maximum Gasteiger partial charge on any atom is 0.336 e. The van der Waals surface area contributed by atoms with Gasteiger partial charge in [0, 0.05) is 5.92 Å². The van der Waals surface area contributed by atoms with E-state index in [0.717, 1.165) is 11.1 Å². The maximum atomic E-state index is 11.3. The molecule has 92 valence electrons. The molecule has 0 saturated carbocycles. The fourth-order valence-corrected chi connectivity index (χ4v) is 2.32. The fraction of sp³-hybridized carbons (Fsp3) is 0.462. The predicted octanol–water partition coefficient (Wildman–Crippen LogP) is 1.53. The lowest BCUT2D eigenvalue weighted by Crippen LogP contribution is -2.47. The third-order valence-corrected chi connectivity index (χ3v) is 3.46. The van der Waals surface area contributed by atoms with Gasteiger partial charge in [0.2, 0.25) is 0 Å². The largest absolute Gasteiger partial charge is 0.479 e. The highest BCUT2D eigenvalue weighted by molar-refractivity contribution is 5.79. The summed E-state index contributed by atoms with van der Waals surface area (Å²) in [6, 6.07) is 7.51. The summed E-state index contributed by atoms with van der Waals surface area (Å²) in [6.07, 6.45) is 0.157. The Bertz CT molecular complexity index is 429. The molecule has 0 spiro atoms. The summed E-state index contributed by atoms with van der Waals surface area (Å²) in [7, 11) is 0. The van der Waals surface area contributed by atoms with Crippen molar-refractivity contribution in [3.8, 4) is 0 Å². The summed E-state index contributed by atoms with van der Waals surface area (Å²) >= 11 is 0. The lowest BCUT2D eigenvalue weighted by Gasteiger charge is -2.35. The molecule has 1 heterocycles. The van der Waals surface area contributed by atoms with Crippen LogP contribution in [0.2, 0.25) is 0 Å². The summed E-state index contributed by atoms with van der Waals surface area (Å²) in [5, 5.41) is 19.5. The molecular formula is C13H16O4. The van der Waals surface area contributed by atoms with Gasteiger partial charge in [0.1, 0.15) is 0 Å². The number of aliphatic hydroxyl groups is 1. The molecule has 17 heavy (non-hydrogen) atoms. The monoisotopic (exact) mass is 236 g/mol. The van der Waals surface area contributed by atoms with Gasteiger partial charge in [-0.2, -0.15) is 0 Å². The van der Waals surface area contributed by atoms with E-state index < -0.39 is 17.5 Å². The van der Waals surface area contributed by atoms with Gasteiger partial charge in [-0.25, -0.2) is 4.79 Å². The van der Waals surface area contributed by atoms with Gasteiger partial charge in [-0.3, -0.25) is 0 Å². The first-order valence-electron chi connectivity index (χ1n) is 5.71. The number of benzene rings is 1. The normalized spacial score (nSPS) is 22.6. The SMILES string of the molecule is CCC(O)(C(=O)O)C1COCc2ccccc21. The maximum absolute atomic E-state index is 11.3. The minimum absolute atomic E-state index is 0.157. The number of rotatable bonds is 3. The lowest BCUT2D eigenvalue weighted by atomic mass is 9.78. The zero-order valence-corrected chi connectivity index (χ0v) is 9.72. The van der Waals surface area contributed by atoms with E-state index in [-0.39, 0.29) is 13.0 Å². The van der Waals surface area contributed by atoms with E-state index in [9.17, 15) is 15.0 Å². The minimum Gasteiger partial charge on any atom is -0.479 e. The molecule has 0 radical (unpaired) electrons. The average Bonchev–Trinajstić information content (AvgIpc) is 2.37. The molecule has 0 amide bonds. The molecule has 0 fully saturated rings. The van der Waals surface area contributed by atoms with Crippen molar-refractivity contribution in [3.63, 3.8) is 0 Å². The van der Waals surface area contributed by atoms with Crippen LogP contribution in [0.3, 0.4) is 0 Å². The second-order valence-electron chi connectivity index (χ2n) is 4.35. The van der Waals surface area contributed by atoms with Crippen molar-refractivity contribution in [2.45, 2.75) is 31.5 Å². The van der Waals surface area contributed by atoms with Gasteiger partial charge in [-0.1, -0.05) is 31.2 Å². The van der Waals surface area contributed by atoms with Gasteiger partial charge in [-0.05, 0) is 17.5 Å². The summed E-state index contributed by atoms with van der Waals surface area (Å²) in [5.41, 5.74) is 0.0821. The number of aliphatic carboxylic acids is 1. The van der Waals surface area contributed by atoms with Crippen molar-refractivity contribution in [1.82, 2.24) is 0 Å². The number of ether oxygens (including phenoxy) is 1. The standard InChI is InChI=1S/C13H16O4/c1-2-13(16,12(14)15)11-8-17-7-9-5-3-4-6-10(9)11/h3-6,11,16H,2,7-8H2,1H3,(H,14,15). The molecule has 1 aromatic rings. The molecule has 0 bridgehead atoms. The number of carboxylic acids is 1. The molecule has 2 unspecified atom stereocenters. The number of fused-ring (bicyclic) bond motifs is 1.